The smallest absolute Gasteiger partial charge is 0.339 e. The van der Waals surface area contributed by atoms with Gasteiger partial charge in [-0.25, -0.2) is 9.78 Å². The zero-order chi connectivity index (χ0) is 18.4. The van der Waals surface area contributed by atoms with Crippen molar-refractivity contribution in [3.05, 3.63) is 78.2 Å². The van der Waals surface area contributed by atoms with E-state index in [-0.39, 0.29) is 5.91 Å². The highest BCUT2D eigenvalue weighted by atomic mass is 16.5. The predicted octanol–water partition coefficient (Wildman–Crippen LogP) is 3.26. The second-order valence-electron chi connectivity index (χ2n) is 5.29. The second kappa shape index (κ2) is 7.89. The molecule has 1 amide bonds. The Morgan fingerprint density at radius 3 is 2.54 bits per heavy atom. The Kier molecular flexibility index (Phi) is 5.19. The van der Waals surface area contributed by atoms with Gasteiger partial charge in [-0.1, -0.05) is 12.1 Å². The van der Waals surface area contributed by atoms with Gasteiger partial charge in [-0.3, -0.25) is 9.78 Å². The van der Waals surface area contributed by atoms with E-state index in [0.717, 1.165) is 0 Å². The van der Waals surface area contributed by atoms with E-state index < -0.39 is 5.97 Å². The summed E-state index contributed by atoms with van der Waals surface area (Å²) >= 11 is 0. The number of benzene rings is 1. The standard InChI is InChI=1S/C19H16N4O3/c1-26-19(25)15-6-2-3-7-16(15)22-14-8-9-17(21-12-14)23-18(24)13-5-4-10-20-11-13/h2-12,22H,1H3,(H,21,23,24). The molecule has 0 atom stereocenters. The maximum Gasteiger partial charge on any atom is 0.339 e. The summed E-state index contributed by atoms with van der Waals surface area (Å²) in [6, 6.07) is 13.8. The van der Waals surface area contributed by atoms with Gasteiger partial charge in [-0.05, 0) is 36.4 Å². The molecule has 0 fully saturated rings. The third kappa shape index (κ3) is 4.02. The molecule has 0 saturated heterocycles. The zero-order valence-corrected chi connectivity index (χ0v) is 14.0. The first-order valence-corrected chi connectivity index (χ1v) is 7.79. The van der Waals surface area contributed by atoms with E-state index >= 15 is 0 Å². The summed E-state index contributed by atoms with van der Waals surface area (Å²) in [6.45, 7) is 0. The van der Waals surface area contributed by atoms with Gasteiger partial charge in [0.2, 0.25) is 0 Å². The molecule has 0 bridgehead atoms. The number of aromatic nitrogens is 2. The number of amides is 1. The number of rotatable bonds is 5. The SMILES string of the molecule is COC(=O)c1ccccc1Nc1ccc(NC(=O)c2cccnc2)nc1. The Hall–Kier alpha value is -3.74. The normalized spacial score (nSPS) is 10.0. The van der Waals surface area contributed by atoms with Crippen LogP contribution in [-0.4, -0.2) is 29.0 Å². The fourth-order valence-electron chi connectivity index (χ4n) is 2.26. The molecule has 0 aliphatic carbocycles. The molecule has 130 valence electrons. The predicted molar refractivity (Wildman–Crippen MR) is 97.5 cm³/mol. The monoisotopic (exact) mass is 348 g/mol. The van der Waals surface area contributed by atoms with Crippen molar-refractivity contribution in [1.82, 2.24) is 9.97 Å². The first-order valence-electron chi connectivity index (χ1n) is 7.79. The highest BCUT2D eigenvalue weighted by Gasteiger charge is 2.11. The highest BCUT2D eigenvalue weighted by Crippen LogP contribution is 2.21. The van der Waals surface area contributed by atoms with Crippen LogP contribution in [0.25, 0.3) is 0 Å². The van der Waals surface area contributed by atoms with E-state index in [4.69, 9.17) is 4.74 Å². The highest BCUT2D eigenvalue weighted by molar-refractivity contribution is 6.03. The largest absolute Gasteiger partial charge is 0.465 e. The second-order valence-corrected chi connectivity index (χ2v) is 5.29. The van der Waals surface area contributed by atoms with Gasteiger partial charge in [-0.15, -0.1) is 0 Å². The topological polar surface area (TPSA) is 93.2 Å². The van der Waals surface area contributed by atoms with Gasteiger partial charge in [0.15, 0.2) is 0 Å². The van der Waals surface area contributed by atoms with Gasteiger partial charge in [0.05, 0.1) is 35.8 Å². The lowest BCUT2D eigenvalue weighted by Gasteiger charge is -2.11. The lowest BCUT2D eigenvalue weighted by Crippen LogP contribution is -2.13. The third-order valence-electron chi connectivity index (χ3n) is 3.54. The molecule has 2 aromatic heterocycles. The van der Waals surface area contributed by atoms with Crippen molar-refractivity contribution in [2.45, 2.75) is 0 Å². The van der Waals surface area contributed by atoms with E-state index in [1.165, 1.54) is 13.3 Å². The number of esters is 1. The first-order chi connectivity index (χ1) is 12.7. The molecule has 0 unspecified atom stereocenters. The van der Waals surface area contributed by atoms with Crippen LogP contribution in [0.2, 0.25) is 0 Å². The first kappa shape index (κ1) is 17.1. The lowest BCUT2D eigenvalue weighted by molar-refractivity contribution is 0.0601. The summed E-state index contributed by atoms with van der Waals surface area (Å²) in [7, 11) is 1.33. The van der Waals surface area contributed by atoms with Crippen LogP contribution < -0.4 is 10.6 Å². The van der Waals surface area contributed by atoms with Crippen molar-refractivity contribution in [1.29, 1.82) is 0 Å². The van der Waals surface area contributed by atoms with Gasteiger partial charge in [0, 0.05) is 12.4 Å². The van der Waals surface area contributed by atoms with E-state index in [1.807, 2.05) is 6.07 Å². The number of carbonyl (C=O) groups is 2. The Morgan fingerprint density at radius 1 is 1.00 bits per heavy atom. The van der Waals surface area contributed by atoms with Gasteiger partial charge >= 0.3 is 5.97 Å². The molecule has 0 aliphatic heterocycles. The molecular weight excluding hydrogens is 332 g/mol. The molecule has 26 heavy (non-hydrogen) atoms. The number of anilines is 3. The van der Waals surface area contributed by atoms with Gasteiger partial charge in [0.1, 0.15) is 5.82 Å². The molecule has 7 heteroatoms. The molecule has 0 radical (unpaired) electrons. The molecule has 2 heterocycles. The van der Waals surface area contributed by atoms with Crippen molar-refractivity contribution in [2.75, 3.05) is 17.7 Å². The number of para-hydroxylation sites is 1. The van der Waals surface area contributed by atoms with Crippen LogP contribution in [0.5, 0.6) is 0 Å². The number of nitrogens with zero attached hydrogens (tertiary/aromatic N) is 2. The quantitative estimate of drug-likeness (QED) is 0.688. The van der Waals surface area contributed by atoms with Crippen LogP contribution >= 0.6 is 0 Å². The van der Waals surface area contributed by atoms with Crippen molar-refractivity contribution in [3.8, 4) is 0 Å². The Bertz CT molecular complexity index is 912. The van der Waals surface area contributed by atoms with Crippen molar-refractivity contribution in [3.63, 3.8) is 0 Å². The van der Waals surface area contributed by atoms with Crippen LogP contribution in [0.4, 0.5) is 17.2 Å². The number of methoxy groups -OCH3 is 1. The van der Waals surface area contributed by atoms with E-state index in [0.29, 0.717) is 28.3 Å². The van der Waals surface area contributed by atoms with Gasteiger partial charge in [-0.2, -0.15) is 0 Å². The van der Waals surface area contributed by atoms with Crippen LogP contribution in [0.3, 0.4) is 0 Å². The molecule has 3 rings (SSSR count). The summed E-state index contributed by atoms with van der Waals surface area (Å²) in [5.41, 5.74) is 2.14. The maximum atomic E-state index is 12.1. The maximum absolute atomic E-state index is 12.1. The Balaban J connectivity index is 1.71. The van der Waals surface area contributed by atoms with Crippen LogP contribution in [0.1, 0.15) is 20.7 Å². The van der Waals surface area contributed by atoms with Gasteiger partial charge in [0.25, 0.3) is 5.91 Å². The number of ether oxygens (including phenoxy) is 1. The van der Waals surface area contributed by atoms with Crippen LogP contribution in [0, 0.1) is 0 Å². The number of hydrogen-bond donors (Lipinski definition) is 2. The molecule has 0 saturated carbocycles. The average molecular weight is 348 g/mol. The van der Waals surface area contributed by atoms with Crippen molar-refractivity contribution < 1.29 is 14.3 Å². The number of hydrogen-bond acceptors (Lipinski definition) is 6. The van der Waals surface area contributed by atoms with Crippen molar-refractivity contribution >= 4 is 29.1 Å². The average Bonchev–Trinajstić information content (AvgIpc) is 2.70. The molecule has 3 aromatic rings. The van der Waals surface area contributed by atoms with Gasteiger partial charge < -0.3 is 15.4 Å². The molecule has 0 spiro atoms. The lowest BCUT2D eigenvalue weighted by atomic mass is 10.1. The summed E-state index contributed by atoms with van der Waals surface area (Å²) in [4.78, 5) is 32.0. The molecule has 0 aliphatic rings. The minimum Gasteiger partial charge on any atom is -0.465 e. The minimum atomic E-state index is -0.429. The van der Waals surface area contributed by atoms with Crippen LogP contribution in [-0.2, 0) is 4.74 Å². The summed E-state index contributed by atoms with van der Waals surface area (Å²) < 4.78 is 4.77. The van der Waals surface area contributed by atoms with E-state index in [1.54, 1.807) is 54.9 Å². The number of nitrogens with one attached hydrogen (secondary N) is 2. The molecule has 7 nitrogen and oxygen atoms in total. The summed E-state index contributed by atoms with van der Waals surface area (Å²) in [5, 5.41) is 5.81. The Morgan fingerprint density at radius 2 is 1.85 bits per heavy atom. The fraction of sp³-hybridized carbons (Fsp3) is 0.0526. The van der Waals surface area contributed by atoms with Crippen LogP contribution in [0.15, 0.2) is 67.1 Å². The zero-order valence-electron chi connectivity index (χ0n) is 14.0. The Labute approximate surface area is 150 Å². The number of pyridine rings is 2. The van der Waals surface area contributed by atoms with E-state index in [9.17, 15) is 9.59 Å². The summed E-state index contributed by atoms with van der Waals surface area (Å²) in [5.74, 6) is -0.311. The third-order valence-corrected chi connectivity index (χ3v) is 3.54. The van der Waals surface area contributed by atoms with Crippen molar-refractivity contribution in [2.24, 2.45) is 0 Å². The summed E-state index contributed by atoms with van der Waals surface area (Å²) in [6.07, 6.45) is 4.64. The molecular formula is C19H16N4O3. The molecule has 2 N–H and O–H groups in total. The fourth-order valence-corrected chi connectivity index (χ4v) is 2.26. The van der Waals surface area contributed by atoms with E-state index in [2.05, 4.69) is 20.6 Å². The molecule has 1 aromatic carbocycles. The minimum absolute atomic E-state index is 0.289. The number of carbonyl (C=O) groups excluding carboxylic acids is 2.